The van der Waals surface area contributed by atoms with Crippen molar-refractivity contribution in [3.05, 3.63) is 29.3 Å². The monoisotopic (exact) mass is 272 g/mol. The van der Waals surface area contributed by atoms with Gasteiger partial charge in [0.15, 0.2) is 0 Å². The molecule has 2 unspecified atom stereocenters. The number of likely N-dealkylation sites (tertiary alicyclic amines) is 1. The van der Waals surface area contributed by atoms with Gasteiger partial charge in [0.25, 0.3) is 5.91 Å². The predicted molar refractivity (Wildman–Crippen MR) is 76.4 cm³/mol. The summed E-state index contributed by atoms with van der Waals surface area (Å²) in [5, 5.41) is 0. The fourth-order valence-corrected chi connectivity index (χ4v) is 4.29. The minimum absolute atomic E-state index is 0.199. The van der Waals surface area contributed by atoms with Gasteiger partial charge in [-0.2, -0.15) is 0 Å². The Hall–Kier alpha value is -1.42. The first kappa shape index (κ1) is 11.4. The topological polar surface area (TPSA) is 33.2 Å². The Bertz CT molecular complexity index is 624. The fourth-order valence-electron chi connectivity index (χ4n) is 3.57. The molecule has 0 bridgehead atoms. The molecular formula is C15H16N2OS. The van der Waals surface area contributed by atoms with Gasteiger partial charge in [0.2, 0.25) is 0 Å². The molecule has 2 atom stereocenters. The first-order valence-corrected chi connectivity index (χ1v) is 7.82. The van der Waals surface area contributed by atoms with Crippen molar-refractivity contribution in [3.8, 4) is 0 Å². The van der Waals surface area contributed by atoms with Crippen molar-refractivity contribution in [2.45, 2.75) is 19.3 Å². The first-order chi connectivity index (χ1) is 9.31. The molecule has 4 rings (SSSR count). The summed E-state index contributed by atoms with van der Waals surface area (Å²) >= 11 is 1.60. The Kier molecular flexibility index (Phi) is 2.58. The summed E-state index contributed by atoms with van der Waals surface area (Å²) < 4.78 is 1.10. The molecule has 98 valence electrons. The maximum Gasteiger partial charge on any atom is 0.253 e. The summed E-state index contributed by atoms with van der Waals surface area (Å²) in [6.07, 6.45) is 3.97. The molecule has 0 N–H and O–H groups in total. The Labute approximate surface area is 116 Å². The molecule has 0 spiro atoms. The van der Waals surface area contributed by atoms with Crippen molar-refractivity contribution in [2.75, 3.05) is 13.1 Å². The van der Waals surface area contributed by atoms with Gasteiger partial charge in [-0.15, -0.1) is 11.3 Å². The quantitative estimate of drug-likeness (QED) is 0.799. The lowest BCUT2D eigenvalue weighted by atomic mass is 10.0. The van der Waals surface area contributed by atoms with Crippen LogP contribution in [0.1, 0.15) is 29.6 Å². The minimum atomic E-state index is 0.199. The van der Waals surface area contributed by atoms with E-state index in [1.54, 1.807) is 11.3 Å². The lowest BCUT2D eigenvalue weighted by Crippen LogP contribution is -2.29. The second kappa shape index (κ2) is 4.30. The molecule has 1 aromatic carbocycles. The number of hydrogen-bond donors (Lipinski definition) is 0. The largest absolute Gasteiger partial charge is 0.338 e. The number of fused-ring (bicyclic) bond motifs is 2. The maximum absolute atomic E-state index is 12.6. The highest BCUT2D eigenvalue weighted by molar-refractivity contribution is 7.16. The van der Waals surface area contributed by atoms with Crippen molar-refractivity contribution < 1.29 is 4.79 Å². The molecule has 0 radical (unpaired) electrons. The van der Waals surface area contributed by atoms with Crippen LogP contribution in [0.3, 0.4) is 0 Å². The number of thiazole rings is 1. The van der Waals surface area contributed by atoms with Crippen molar-refractivity contribution in [2.24, 2.45) is 11.8 Å². The Morgan fingerprint density at radius 1 is 1.26 bits per heavy atom. The third-order valence-electron chi connectivity index (χ3n) is 4.59. The number of carbonyl (C=O) groups is 1. The number of hydrogen-bond acceptors (Lipinski definition) is 3. The van der Waals surface area contributed by atoms with E-state index in [4.69, 9.17) is 0 Å². The fraction of sp³-hybridized carbons (Fsp3) is 0.467. The van der Waals surface area contributed by atoms with Crippen LogP contribution in [0, 0.1) is 11.8 Å². The summed E-state index contributed by atoms with van der Waals surface area (Å²) in [5.41, 5.74) is 3.63. The third-order valence-corrected chi connectivity index (χ3v) is 5.38. The van der Waals surface area contributed by atoms with E-state index in [9.17, 15) is 4.79 Å². The lowest BCUT2D eigenvalue weighted by molar-refractivity contribution is 0.0781. The molecule has 2 aromatic rings. The average Bonchev–Trinajstić information content (AvgIpc) is 3.11. The van der Waals surface area contributed by atoms with Gasteiger partial charge in [0.1, 0.15) is 0 Å². The van der Waals surface area contributed by atoms with Crippen LogP contribution in [0.5, 0.6) is 0 Å². The molecule has 2 aliphatic rings. The Morgan fingerprint density at radius 3 is 2.84 bits per heavy atom. The van der Waals surface area contributed by atoms with Gasteiger partial charge >= 0.3 is 0 Å². The van der Waals surface area contributed by atoms with Gasteiger partial charge in [-0.3, -0.25) is 4.79 Å². The number of benzene rings is 1. The van der Waals surface area contributed by atoms with E-state index in [-0.39, 0.29) is 5.91 Å². The molecule has 1 aromatic heterocycles. The van der Waals surface area contributed by atoms with Crippen LogP contribution in [0.2, 0.25) is 0 Å². The summed E-state index contributed by atoms with van der Waals surface area (Å²) in [6, 6.07) is 5.86. The van der Waals surface area contributed by atoms with E-state index in [0.717, 1.165) is 40.7 Å². The van der Waals surface area contributed by atoms with Gasteiger partial charge in [-0.25, -0.2) is 4.98 Å². The second-order valence-corrected chi connectivity index (χ2v) is 6.58. The van der Waals surface area contributed by atoms with Crippen molar-refractivity contribution in [3.63, 3.8) is 0 Å². The molecule has 4 heteroatoms. The molecule has 1 aliphatic heterocycles. The second-order valence-electron chi connectivity index (χ2n) is 5.70. The zero-order valence-corrected chi connectivity index (χ0v) is 11.5. The standard InChI is InChI=1S/C15H16N2OS/c18-15(17-7-11-2-1-3-12(11)8-17)10-4-5-13-14(6-10)19-9-16-13/h4-6,9,11-12H,1-3,7-8H2. The summed E-state index contributed by atoms with van der Waals surface area (Å²) in [5.74, 6) is 1.72. The van der Waals surface area contributed by atoms with Crippen LogP contribution in [0.25, 0.3) is 10.2 Å². The van der Waals surface area contributed by atoms with Crippen LogP contribution in [-0.2, 0) is 0 Å². The third kappa shape index (κ3) is 1.86. The van der Waals surface area contributed by atoms with Crippen LogP contribution >= 0.6 is 11.3 Å². The van der Waals surface area contributed by atoms with Crippen LogP contribution < -0.4 is 0 Å². The summed E-state index contributed by atoms with van der Waals surface area (Å²) in [4.78, 5) is 18.9. The number of nitrogens with zero attached hydrogens (tertiary/aromatic N) is 2. The van der Waals surface area contributed by atoms with Gasteiger partial charge in [0, 0.05) is 18.7 Å². The van der Waals surface area contributed by atoms with Gasteiger partial charge < -0.3 is 4.90 Å². The van der Waals surface area contributed by atoms with Crippen LogP contribution in [0.4, 0.5) is 0 Å². The van der Waals surface area contributed by atoms with E-state index >= 15 is 0 Å². The van der Waals surface area contributed by atoms with E-state index in [0.29, 0.717) is 0 Å². The molecule has 3 nitrogen and oxygen atoms in total. The highest BCUT2D eigenvalue weighted by atomic mass is 32.1. The Morgan fingerprint density at radius 2 is 2.05 bits per heavy atom. The highest BCUT2D eigenvalue weighted by Gasteiger charge is 2.38. The molecular weight excluding hydrogens is 256 g/mol. The van der Waals surface area contributed by atoms with E-state index in [1.165, 1.54) is 19.3 Å². The smallest absolute Gasteiger partial charge is 0.253 e. The normalized spacial score (nSPS) is 26.0. The minimum Gasteiger partial charge on any atom is -0.338 e. The van der Waals surface area contributed by atoms with Gasteiger partial charge in [-0.05, 0) is 42.9 Å². The maximum atomic E-state index is 12.6. The van der Waals surface area contributed by atoms with Crippen molar-refractivity contribution in [1.82, 2.24) is 9.88 Å². The zero-order chi connectivity index (χ0) is 12.8. The number of carbonyl (C=O) groups excluding carboxylic acids is 1. The molecule has 1 amide bonds. The first-order valence-electron chi connectivity index (χ1n) is 6.94. The molecule has 1 saturated carbocycles. The Balaban J connectivity index is 1.59. The highest BCUT2D eigenvalue weighted by Crippen LogP contribution is 2.38. The van der Waals surface area contributed by atoms with Crippen LogP contribution in [-0.4, -0.2) is 28.9 Å². The lowest BCUT2D eigenvalue weighted by Gasteiger charge is -2.17. The van der Waals surface area contributed by atoms with E-state index in [1.807, 2.05) is 23.7 Å². The molecule has 2 heterocycles. The van der Waals surface area contributed by atoms with Gasteiger partial charge in [-0.1, -0.05) is 6.42 Å². The van der Waals surface area contributed by atoms with E-state index in [2.05, 4.69) is 9.88 Å². The van der Waals surface area contributed by atoms with Crippen molar-refractivity contribution >= 4 is 27.5 Å². The molecule has 1 saturated heterocycles. The number of rotatable bonds is 1. The summed E-state index contributed by atoms with van der Waals surface area (Å²) in [7, 11) is 0. The summed E-state index contributed by atoms with van der Waals surface area (Å²) in [6.45, 7) is 1.93. The van der Waals surface area contributed by atoms with Crippen LogP contribution in [0.15, 0.2) is 23.7 Å². The number of aromatic nitrogens is 1. The molecule has 19 heavy (non-hydrogen) atoms. The molecule has 2 fully saturated rings. The van der Waals surface area contributed by atoms with E-state index < -0.39 is 0 Å². The predicted octanol–water partition coefficient (Wildman–Crippen LogP) is 3.17. The average molecular weight is 272 g/mol. The zero-order valence-electron chi connectivity index (χ0n) is 10.7. The molecule has 1 aliphatic carbocycles. The van der Waals surface area contributed by atoms with Crippen molar-refractivity contribution in [1.29, 1.82) is 0 Å². The SMILES string of the molecule is O=C(c1ccc2ncsc2c1)N1CC2CCCC2C1. The number of amides is 1. The van der Waals surface area contributed by atoms with Gasteiger partial charge in [0.05, 0.1) is 15.7 Å².